The van der Waals surface area contributed by atoms with E-state index in [4.69, 9.17) is 4.42 Å². The van der Waals surface area contributed by atoms with E-state index in [0.29, 0.717) is 0 Å². The van der Waals surface area contributed by atoms with Gasteiger partial charge in [-0.3, -0.25) is 0 Å². The van der Waals surface area contributed by atoms with E-state index in [2.05, 4.69) is 210 Å². The maximum Gasteiger partial charge on any atom is 0.135 e. The summed E-state index contributed by atoms with van der Waals surface area (Å²) < 4.78 is 11.3. The molecule has 4 heterocycles. The molecule has 0 atom stereocenters. The minimum absolute atomic E-state index is 0.132. The lowest BCUT2D eigenvalue weighted by atomic mass is 9.82. The Kier molecular flexibility index (Phi) is 6.33. The van der Waals surface area contributed by atoms with Gasteiger partial charge in [0.05, 0.1) is 33.1 Å². The third-order valence-electron chi connectivity index (χ3n) is 13.8. The third kappa shape index (κ3) is 4.33. The molecular weight excluding hydrogens is 743 g/mol. The van der Waals surface area contributed by atoms with Crippen molar-refractivity contribution in [1.29, 1.82) is 0 Å². The highest BCUT2D eigenvalue weighted by atomic mass is 16.3. The molecule has 61 heavy (non-hydrogen) atoms. The highest BCUT2D eigenvalue weighted by Crippen LogP contribution is 2.51. The second-order valence-electron chi connectivity index (χ2n) is 17.3. The summed E-state index contributed by atoms with van der Waals surface area (Å²) in [7, 11) is 0. The summed E-state index contributed by atoms with van der Waals surface area (Å²) in [4.78, 5) is 2.42. The van der Waals surface area contributed by atoms with Crippen molar-refractivity contribution in [3.63, 3.8) is 0 Å². The van der Waals surface area contributed by atoms with Crippen LogP contribution in [0.4, 0.5) is 17.1 Å². The zero-order valence-corrected chi connectivity index (χ0v) is 33.6. The number of para-hydroxylation sites is 3. The normalized spacial score (nSPS) is 13.5. The van der Waals surface area contributed by atoms with Gasteiger partial charge >= 0.3 is 0 Å². The van der Waals surface area contributed by atoms with Crippen LogP contribution in [-0.2, 0) is 5.41 Å². The Hall–Kier alpha value is -7.82. The van der Waals surface area contributed by atoms with Crippen molar-refractivity contribution in [3.05, 3.63) is 199 Å². The van der Waals surface area contributed by atoms with Gasteiger partial charge in [-0.05, 0) is 106 Å². The minimum Gasteiger partial charge on any atom is -0.456 e. The van der Waals surface area contributed by atoms with E-state index in [1.54, 1.807) is 0 Å². The molecule has 0 fully saturated rings. The standard InChI is InChI=1S/C57H37N3O/c1-57(2)47-18-7-3-14-39(47)40-25-23-38(33-48(40)57)58(37-24-29-54-46(32-37)43-17-6-10-21-53(43)61-54)36-13-11-12-34(30-36)35-22-28-51-52(31-35)60-50-20-9-5-16-42(50)45-27-26-44-41-15-4-8-19-49(41)59(51)55(44)56(45)60/h3-33H,1-2H3. The van der Waals surface area contributed by atoms with Crippen LogP contribution in [0.2, 0.25) is 0 Å². The van der Waals surface area contributed by atoms with Gasteiger partial charge in [0.15, 0.2) is 0 Å². The van der Waals surface area contributed by atoms with Crippen LogP contribution in [0.3, 0.4) is 0 Å². The summed E-state index contributed by atoms with van der Waals surface area (Å²) in [6, 6.07) is 69.3. The zero-order chi connectivity index (χ0) is 40.1. The molecule has 286 valence electrons. The van der Waals surface area contributed by atoms with Crippen molar-refractivity contribution < 1.29 is 4.42 Å². The summed E-state index contributed by atoms with van der Waals surface area (Å²) >= 11 is 0. The first kappa shape index (κ1) is 33.1. The molecule has 1 aliphatic rings. The Labute approximate surface area is 351 Å². The second-order valence-corrected chi connectivity index (χ2v) is 17.3. The first-order valence-corrected chi connectivity index (χ1v) is 21.2. The van der Waals surface area contributed by atoms with E-state index in [0.717, 1.165) is 44.6 Å². The van der Waals surface area contributed by atoms with Crippen molar-refractivity contribution in [2.45, 2.75) is 19.3 Å². The number of aromatic nitrogens is 2. The first-order chi connectivity index (χ1) is 30.0. The zero-order valence-electron chi connectivity index (χ0n) is 33.6. The molecule has 4 aromatic heterocycles. The highest BCUT2D eigenvalue weighted by molar-refractivity contribution is 6.25. The van der Waals surface area contributed by atoms with E-state index >= 15 is 0 Å². The van der Waals surface area contributed by atoms with Crippen molar-refractivity contribution in [3.8, 4) is 22.3 Å². The number of furan rings is 1. The fraction of sp³-hybridized carbons (Fsp3) is 0.0526. The van der Waals surface area contributed by atoms with Crippen molar-refractivity contribution in [2.24, 2.45) is 0 Å². The largest absolute Gasteiger partial charge is 0.456 e. The number of hydrogen-bond donors (Lipinski definition) is 0. The van der Waals surface area contributed by atoms with Gasteiger partial charge < -0.3 is 18.1 Å². The Morgan fingerprint density at radius 3 is 1.79 bits per heavy atom. The molecule has 13 aromatic rings. The fourth-order valence-electron chi connectivity index (χ4n) is 11.0. The molecule has 9 aromatic carbocycles. The maximum atomic E-state index is 6.32. The predicted octanol–water partition coefficient (Wildman–Crippen LogP) is 15.6. The summed E-state index contributed by atoms with van der Waals surface area (Å²) in [5.74, 6) is 0. The molecule has 0 spiro atoms. The van der Waals surface area contributed by atoms with Crippen LogP contribution in [0.5, 0.6) is 0 Å². The van der Waals surface area contributed by atoms with E-state index in [1.165, 1.54) is 82.5 Å². The molecule has 4 heteroatoms. The van der Waals surface area contributed by atoms with Gasteiger partial charge in [0, 0.05) is 54.8 Å². The molecule has 0 bridgehead atoms. The van der Waals surface area contributed by atoms with Gasteiger partial charge in [-0.15, -0.1) is 0 Å². The Morgan fingerprint density at radius 1 is 0.377 bits per heavy atom. The predicted molar refractivity (Wildman–Crippen MR) is 255 cm³/mol. The van der Waals surface area contributed by atoms with Gasteiger partial charge in [-0.25, -0.2) is 0 Å². The molecule has 4 nitrogen and oxygen atoms in total. The van der Waals surface area contributed by atoms with Crippen LogP contribution in [0, 0.1) is 0 Å². The molecule has 14 rings (SSSR count). The maximum absolute atomic E-state index is 6.32. The minimum atomic E-state index is -0.132. The van der Waals surface area contributed by atoms with Crippen LogP contribution in [0.1, 0.15) is 25.0 Å². The van der Waals surface area contributed by atoms with Crippen LogP contribution < -0.4 is 4.90 Å². The number of hydrogen-bond acceptors (Lipinski definition) is 2. The molecular formula is C57H37N3O. The Balaban J connectivity index is 1.00. The third-order valence-corrected chi connectivity index (χ3v) is 13.8. The Bertz CT molecular complexity index is 3990. The van der Waals surface area contributed by atoms with Gasteiger partial charge in [-0.1, -0.05) is 129 Å². The first-order valence-electron chi connectivity index (χ1n) is 21.2. The molecule has 0 aliphatic heterocycles. The average molecular weight is 780 g/mol. The summed E-state index contributed by atoms with van der Waals surface area (Å²) in [5.41, 5.74) is 20.0. The summed E-state index contributed by atoms with van der Waals surface area (Å²) in [6.07, 6.45) is 0. The molecule has 0 amide bonds. The van der Waals surface area contributed by atoms with Crippen molar-refractivity contribution in [2.75, 3.05) is 4.90 Å². The van der Waals surface area contributed by atoms with Crippen LogP contribution in [0.25, 0.3) is 98.8 Å². The van der Waals surface area contributed by atoms with Gasteiger partial charge in [0.1, 0.15) is 11.2 Å². The van der Waals surface area contributed by atoms with Crippen LogP contribution in [-0.4, -0.2) is 8.80 Å². The monoisotopic (exact) mass is 779 g/mol. The number of anilines is 3. The van der Waals surface area contributed by atoms with Crippen molar-refractivity contribution in [1.82, 2.24) is 8.80 Å². The summed E-state index contributed by atoms with van der Waals surface area (Å²) in [6.45, 7) is 4.71. The highest BCUT2D eigenvalue weighted by Gasteiger charge is 2.36. The quantitative estimate of drug-likeness (QED) is 0.166. The van der Waals surface area contributed by atoms with E-state index in [1.807, 2.05) is 6.07 Å². The van der Waals surface area contributed by atoms with Crippen LogP contribution in [0.15, 0.2) is 192 Å². The lowest BCUT2D eigenvalue weighted by Gasteiger charge is -2.28. The smallest absolute Gasteiger partial charge is 0.135 e. The van der Waals surface area contributed by atoms with E-state index < -0.39 is 0 Å². The molecule has 0 radical (unpaired) electrons. The molecule has 1 aliphatic carbocycles. The molecule has 0 unspecified atom stereocenters. The van der Waals surface area contributed by atoms with Gasteiger partial charge in [0.25, 0.3) is 0 Å². The van der Waals surface area contributed by atoms with E-state index in [-0.39, 0.29) is 5.41 Å². The number of rotatable bonds is 4. The fourth-order valence-corrected chi connectivity index (χ4v) is 11.0. The molecule has 0 saturated heterocycles. The number of nitrogens with zero attached hydrogens (tertiary/aromatic N) is 3. The molecule has 0 N–H and O–H groups in total. The average Bonchev–Trinajstić information content (AvgIpc) is 4.02. The summed E-state index contributed by atoms with van der Waals surface area (Å²) in [5, 5.41) is 7.35. The van der Waals surface area contributed by atoms with Gasteiger partial charge in [0.2, 0.25) is 0 Å². The molecule has 0 saturated carbocycles. The van der Waals surface area contributed by atoms with Crippen LogP contribution >= 0.6 is 0 Å². The number of benzene rings is 9. The number of fused-ring (bicyclic) bond motifs is 15. The SMILES string of the molecule is CC1(C)c2ccccc2-c2ccc(N(c3cccc(-c4ccc5c(c4)n4c6ccccc6c6ccc7c8ccccc8n5c7c64)c3)c3ccc4oc5ccccc5c4c3)cc21. The lowest BCUT2D eigenvalue weighted by molar-refractivity contribution is 0.660. The second kappa shape index (κ2) is 11.7. The topological polar surface area (TPSA) is 25.2 Å². The van der Waals surface area contributed by atoms with Crippen molar-refractivity contribution >= 4 is 93.6 Å². The van der Waals surface area contributed by atoms with E-state index in [9.17, 15) is 0 Å². The van der Waals surface area contributed by atoms with Gasteiger partial charge in [-0.2, -0.15) is 0 Å². The lowest BCUT2D eigenvalue weighted by Crippen LogP contribution is -2.16. The Morgan fingerprint density at radius 2 is 0.984 bits per heavy atom.